The third kappa shape index (κ3) is 4.50. The van der Waals surface area contributed by atoms with Gasteiger partial charge in [-0.2, -0.15) is 0 Å². The summed E-state index contributed by atoms with van der Waals surface area (Å²) in [4.78, 5) is 20.7. The minimum Gasteiger partial charge on any atom is -0.507 e. The number of aliphatic imine (C=N–C) groups is 2. The van der Waals surface area contributed by atoms with E-state index in [0.717, 1.165) is 22.1 Å². The zero-order chi connectivity index (χ0) is 22.3. The number of benzene rings is 1. The standard InChI is InChI=1S/C21H27N3O4S3/c1-10-15(19(27)28)24-20(31-10)21(2,3)16(26)12-8-30-18(22-12)13-9-29-17(23-13)11-6-4-5-7-14(11)25/h4-7,10,12-13,15-16,18,22,25-26H,8-9H2,1-3H3,(H,27,28). The van der Waals surface area contributed by atoms with E-state index in [2.05, 4.69) is 10.3 Å². The van der Waals surface area contributed by atoms with Crippen LogP contribution in [0.25, 0.3) is 0 Å². The SMILES string of the molecule is CC1SC(C(C)(C)C(O)C2CSC(C3CSC(c4ccccc4O)=N3)N2)=NC1C(=O)O. The second-order valence-corrected chi connectivity index (χ2v) is 12.1. The van der Waals surface area contributed by atoms with Crippen molar-refractivity contribution in [3.05, 3.63) is 29.8 Å². The van der Waals surface area contributed by atoms with Crippen molar-refractivity contribution in [1.82, 2.24) is 5.32 Å². The second kappa shape index (κ2) is 8.97. The fraction of sp³-hybridized carbons (Fsp3) is 0.571. The number of phenols is 1. The van der Waals surface area contributed by atoms with Crippen molar-refractivity contribution in [3.63, 3.8) is 0 Å². The maximum Gasteiger partial charge on any atom is 0.329 e. The van der Waals surface area contributed by atoms with Gasteiger partial charge in [0.1, 0.15) is 10.8 Å². The predicted molar refractivity (Wildman–Crippen MR) is 130 cm³/mol. The van der Waals surface area contributed by atoms with E-state index in [-0.39, 0.29) is 28.5 Å². The number of carboxylic acids is 1. The Labute approximate surface area is 194 Å². The van der Waals surface area contributed by atoms with E-state index in [1.54, 1.807) is 35.7 Å². The van der Waals surface area contributed by atoms with Gasteiger partial charge in [-0.05, 0) is 12.1 Å². The van der Waals surface area contributed by atoms with Crippen LogP contribution in [-0.2, 0) is 4.79 Å². The molecular weight excluding hydrogens is 454 g/mol. The average Bonchev–Trinajstić information content (AvgIpc) is 3.46. The van der Waals surface area contributed by atoms with Gasteiger partial charge in [-0.25, -0.2) is 4.79 Å². The molecule has 4 rings (SSSR count). The maximum absolute atomic E-state index is 11.4. The molecule has 0 saturated carbocycles. The molecule has 168 valence electrons. The number of thioether (sulfide) groups is 3. The molecule has 3 aliphatic rings. The van der Waals surface area contributed by atoms with Crippen LogP contribution in [0.1, 0.15) is 26.3 Å². The number of aliphatic carboxylic acids is 1. The van der Waals surface area contributed by atoms with Gasteiger partial charge >= 0.3 is 5.97 Å². The van der Waals surface area contributed by atoms with Crippen molar-refractivity contribution in [2.24, 2.45) is 15.4 Å². The Kier molecular flexibility index (Phi) is 6.65. The highest BCUT2D eigenvalue weighted by Gasteiger charge is 2.47. The van der Waals surface area contributed by atoms with Gasteiger partial charge in [-0.15, -0.1) is 35.3 Å². The van der Waals surface area contributed by atoms with Crippen LogP contribution in [0.2, 0.25) is 0 Å². The lowest BCUT2D eigenvalue weighted by Crippen LogP contribution is -2.51. The minimum absolute atomic E-state index is 0.0551. The molecule has 3 heterocycles. The van der Waals surface area contributed by atoms with Crippen molar-refractivity contribution in [2.45, 2.75) is 55.6 Å². The Morgan fingerprint density at radius 2 is 2.00 bits per heavy atom. The zero-order valence-corrected chi connectivity index (χ0v) is 20.0. The Hall–Kier alpha value is -1.20. The molecule has 0 amide bonds. The summed E-state index contributed by atoms with van der Waals surface area (Å²) in [6.45, 7) is 5.72. The number of phenolic OH excluding ortho intramolecular Hbond substituents is 1. The number of carboxylic acid groups (broad SMARTS) is 1. The molecule has 0 aliphatic carbocycles. The monoisotopic (exact) mass is 481 g/mol. The lowest BCUT2D eigenvalue weighted by Gasteiger charge is -2.34. The largest absolute Gasteiger partial charge is 0.507 e. The Morgan fingerprint density at radius 3 is 2.68 bits per heavy atom. The first kappa shape index (κ1) is 23.0. The molecule has 7 nitrogen and oxygen atoms in total. The van der Waals surface area contributed by atoms with Crippen LogP contribution < -0.4 is 5.32 Å². The number of hydrogen-bond acceptors (Lipinski definition) is 9. The molecule has 1 saturated heterocycles. The fourth-order valence-electron chi connectivity index (χ4n) is 3.97. The maximum atomic E-state index is 11.4. The van der Waals surface area contributed by atoms with E-state index in [0.29, 0.717) is 5.04 Å². The first-order valence-electron chi connectivity index (χ1n) is 10.2. The molecule has 0 aromatic heterocycles. The summed E-state index contributed by atoms with van der Waals surface area (Å²) in [7, 11) is 0. The molecule has 10 heteroatoms. The smallest absolute Gasteiger partial charge is 0.329 e. The second-order valence-electron chi connectivity index (χ2n) is 8.56. The molecule has 0 bridgehead atoms. The van der Waals surface area contributed by atoms with E-state index in [9.17, 15) is 20.1 Å². The van der Waals surface area contributed by atoms with Crippen molar-refractivity contribution >= 4 is 51.3 Å². The number of rotatable bonds is 6. The molecule has 1 aromatic carbocycles. The normalized spacial score (nSPS) is 32.1. The van der Waals surface area contributed by atoms with Crippen molar-refractivity contribution in [1.29, 1.82) is 0 Å². The van der Waals surface area contributed by atoms with E-state index < -0.39 is 23.5 Å². The van der Waals surface area contributed by atoms with Crippen molar-refractivity contribution < 1.29 is 20.1 Å². The van der Waals surface area contributed by atoms with Crippen molar-refractivity contribution in [3.8, 4) is 5.75 Å². The van der Waals surface area contributed by atoms with Crippen LogP contribution in [0.5, 0.6) is 5.75 Å². The minimum atomic E-state index is -0.924. The van der Waals surface area contributed by atoms with Gasteiger partial charge in [0.05, 0.1) is 22.6 Å². The number of aliphatic hydroxyl groups excluding tert-OH is 1. The van der Waals surface area contributed by atoms with Gasteiger partial charge in [-0.3, -0.25) is 15.3 Å². The van der Waals surface area contributed by atoms with Crippen LogP contribution in [0.15, 0.2) is 34.3 Å². The Morgan fingerprint density at radius 1 is 1.26 bits per heavy atom. The quantitative estimate of drug-likeness (QED) is 0.490. The first-order chi connectivity index (χ1) is 14.7. The number of nitrogens with one attached hydrogen (secondary N) is 1. The highest BCUT2D eigenvalue weighted by atomic mass is 32.2. The molecule has 6 atom stereocenters. The van der Waals surface area contributed by atoms with Gasteiger partial charge in [0.15, 0.2) is 6.04 Å². The summed E-state index contributed by atoms with van der Waals surface area (Å²) in [6.07, 6.45) is -0.702. The summed E-state index contributed by atoms with van der Waals surface area (Å²) in [5.41, 5.74) is 0.111. The van der Waals surface area contributed by atoms with Gasteiger partial charge in [0.25, 0.3) is 0 Å². The van der Waals surface area contributed by atoms with Crippen molar-refractivity contribution in [2.75, 3.05) is 11.5 Å². The number of carbonyl (C=O) groups is 1. The van der Waals surface area contributed by atoms with Crippen LogP contribution >= 0.6 is 35.3 Å². The topological polar surface area (TPSA) is 115 Å². The van der Waals surface area contributed by atoms with Gasteiger partial charge in [0, 0.05) is 33.8 Å². The van der Waals surface area contributed by atoms with E-state index in [1.807, 2.05) is 32.9 Å². The van der Waals surface area contributed by atoms with E-state index in [4.69, 9.17) is 4.99 Å². The molecule has 4 N–H and O–H groups in total. The molecule has 1 aromatic rings. The number of nitrogens with zero attached hydrogens (tertiary/aromatic N) is 2. The summed E-state index contributed by atoms with van der Waals surface area (Å²) < 4.78 is 0. The Balaban J connectivity index is 1.42. The molecule has 0 radical (unpaired) electrons. The van der Waals surface area contributed by atoms with Gasteiger partial charge in [-0.1, -0.05) is 32.9 Å². The molecule has 0 spiro atoms. The number of aliphatic hydroxyl groups is 1. The number of hydrogen-bond donors (Lipinski definition) is 4. The molecule has 1 fully saturated rings. The number of aromatic hydroxyl groups is 1. The van der Waals surface area contributed by atoms with E-state index >= 15 is 0 Å². The van der Waals surface area contributed by atoms with Crippen LogP contribution in [0.4, 0.5) is 0 Å². The highest BCUT2D eigenvalue weighted by Crippen LogP contribution is 2.41. The molecule has 6 unspecified atom stereocenters. The summed E-state index contributed by atoms with van der Waals surface area (Å²) >= 11 is 4.83. The zero-order valence-electron chi connectivity index (χ0n) is 17.6. The van der Waals surface area contributed by atoms with Crippen LogP contribution in [-0.4, -0.2) is 77.7 Å². The third-order valence-corrected chi connectivity index (χ3v) is 9.87. The lowest BCUT2D eigenvalue weighted by molar-refractivity contribution is -0.138. The third-order valence-electron chi connectivity index (χ3n) is 5.91. The first-order valence-corrected chi connectivity index (χ1v) is 13.1. The van der Waals surface area contributed by atoms with E-state index in [1.165, 1.54) is 11.8 Å². The van der Waals surface area contributed by atoms with Gasteiger partial charge in [0.2, 0.25) is 0 Å². The summed E-state index contributed by atoms with van der Waals surface area (Å²) in [6, 6.07) is 6.39. The number of para-hydroxylation sites is 1. The molecule has 31 heavy (non-hydrogen) atoms. The van der Waals surface area contributed by atoms with Gasteiger partial charge < -0.3 is 15.3 Å². The predicted octanol–water partition coefficient (Wildman–Crippen LogP) is 2.66. The molecular formula is C21H27N3O4S3. The van der Waals surface area contributed by atoms with Crippen LogP contribution in [0.3, 0.4) is 0 Å². The lowest BCUT2D eigenvalue weighted by atomic mass is 9.83. The Bertz CT molecular complexity index is 923. The molecule has 3 aliphatic heterocycles. The average molecular weight is 482 g/mol. The van der Waals surface area contributed by atoms with Crippen LogP contribution in [0, 0.1) is 5.41 Å². The fourth-order valence-corrected chi connectivity index (χ4v) is 7.83. The summed E-state index contributed by atoms with van der Waals surface area (Å²) in [5.74, 6) is 0.876. The summed E-state index contributed by atoms with van der Waals surface area (Å²) in [5, 5.41) is 35.7. The highest BCUT2D eigenvalue weighted by molar-refractivity contribution is 8.15.